The number of nitrogens with one attached hydrogen (secondary N) is 1. The number of amidine groups is 1. The minimum atomic E-state index is 0.237. The van der Waals surface area contributed by atoms with Crippen molar-refractivity contribution in [3.05, 3.63) is 24.0 Å². The van der Waals surface area contributed by atoms with Crippen molar-refractivity contribution in [3.8, 4) is 0 Å². The first-order valence-corrected chi connectivity index (χ1v) is 7.88. The van der Waals surface area contributed by atoms with Crippen molar-refractivity contribution in [1.82, 2.24) is 14.9 Å². The Morgan fingerprint density at radius 2 is 2.14 bits per heavy atom. The van der Waals surface area contributed by atoms with Gasteiger partial charge in [-0.3, -0.25) is 4.90 Å². The molecular weight excluding hydrogens is 286 g/mol. The van der Waals surface area contributed by atoms with Crippen molar-refractivity contribution in [2.24, 2.45) is 10.7 Å². The molecule has 3 rings (SSSR count). The van der Waals surface area contributed by atoms with E-state index < -0.39 is 0 Å². The van der Waals surface area contributed by atoms with E-state index >= 15 is 0 Å². The number of hydrogen-bond acceptors (Lipinski definition) is 3. The van der Waals surface area contributed by atoms with E-state index in [1.807, 2.05) is 18.2 Å². The molecule has 0 aliphatic carbocycles. The Labute approximate surface area is 129 Å². The average molecular weight is 306 g/mol. The largest absolute Gasteiger partial charge is 0.386 e. The quantitative estimate of drug-likeness (QED) is 0.518. The van der Waals surface area contributed by atoms with Crippen LogP contribution in [0.2, 0.25) is 0 Å². The van der Waals surface area contributed by atoms with Gasteiger partial charge in [-0.1, -0.05) is 6.42 Å². The predicted molar refractivity (Wildman–Crippen MR) is 87.2 cm³/mol. The number of rotatable bonds is 4. The Morgan fingerprint density at radius 1 is 1.33 bits per heavy atom. The number of halogens is 1. The predicted octanol–water partition coefficient (Wildman–Crippen LogP) is 2.78. The van der Waals surface area contributed by atoms with Crippen molar-refractivity contribution >= 4 is 34.2 Å². The fourth-order valence-electron chi connectivity index (χ4n) is 2.72. The van der Waals surface area contributed by atoms with Gasteiger partial charge in [0.2, 0.25) is 0 Å². The molecule has 1 aliphatic heterocycles. The summed E-state index contributed by atoms with van der Waals surface area (Å²) < 4.78 is 0. The van der Waals surface area contributed by atoms with Gasteiger partial charge in [0.05, 0.1) is 29.1 Å². The number of fused-ring (bicyclic) bond motifs is 1. The van der Waals surface area contributed by atoms with Crippen LogP contribution in [-0.2, 0) is 6.54 Å². The minimum absolute atomic E-state index is 0.237. The zero-order valence-electron chi connectivity index (χ0n) is 12.0. The number of aliphatic imine (C=N–C) groups is 1. The van der Waals surface area contributed by atoms with Crippen molar-refractivity contribution in [2.75, 3.05) is 19.0 Å². The van der Waals surface area contributed by atoms with Gasteiger partial charge in [0.15, 0.2) is 0 Å². The van der Waals surface area contributed by atoms with Crippen LogP contribution in [0.4, 0.5) is 5.69 Å². The summed E-state index contributed by atoms with van der Waals surface area (Å²) in [6.07, 6.45) is 3.92. The van der Waals surface area contributed by atoms with Crippen molar-refractivity contribution < 1.29 is 0 Å². The third-order valence-electron chi connectivity index (χ3n) is 3.75. The molecule has 1 saturated heterocycles. The average Bonchev–Trinajstić information content (AvgIpc) is 2.89. The molecule has 0 spiro atoms. The second-order valence-electron chi connectivity index (χ2n) is 5.46. The topological polar surface area (TPSA) is 70.3 Å². The van der Waals surface area contributed by atoms with E-state index in [2.05, 4.69) is 19.9 Å². The Bertz CT molecular complexity index is 643. The SMILES string of the molecule is NC(CCl)=Nc1ccc2nc(CN3CCCCC3)[nH]c2c1. The van der Waals surface area contributed by atoms with Gasteiger partial charge in [0.25, 0.3) is 0 Å². The van der Waals surface area contributed by atoms with Gasteiger partial charge >= 0.3 is 0 Å². The highest BCUT2D eigenvalue weighted by Gasteiger charge is 2.12. The lowest BCUT2D eigenvalue weighted by Gasteiger charge is -2.25. The monoisotopic (exact) mass is 305 g/mol. The summed E-state index contributed by atoms with van der Waals surface area (Å²) in [5.41, 5.74) is 8.42. The van der Waals surface area contributed by atoms with Crippen LogP contribution in [0.1, 0.15) is 25.1 Å². The summed E-state index contributed by atoms with van der Waals surface area (Å²) >= 11 is 5.65. The molecule has 1 aromatic heterocycles. The number of benzene rings is 1. The highest BCUT2D eigenvalue weighted by atomic mass is 35.5. The third-order valence-corrected chi connectivity index (χ3v) is 4.02. The number of nitrogens with two attached hydrogens (primary N) is 1. The molecule has 5 nitrogen and oxygen atoms in total. The number of H-pyrrole nitrogens is 1. The van der Waals surface area contributed by atoms with Crippen LogP contribution in [0.5, 0.6) is 0 Å². The Hall–Kier alpha value is -1.59. The van der Waals surface area contributed by atoms with Crippen molar-refractivity contribution in [3.63, 3.8) is 0 Å². The van der Waals surface area contributed by atoms with Gasteiger partial charge in [-0.05, 0) is 44.1 Å². The first-order valence-electron chi connectivity index (χ1n) is 7.34. The molecule has 21 heavy (non-hydrogen) atoms. The summed E-state index contributed by atoms with van der Waals surface area (Å²) in [6, 6.07) is 5.83. The Kier molecular flexibility index (Phi) is 4.41. The normalized spacial score (nSPS) is 17.5. The molecule has 0 radical (unpaired) electrons. The zero-order chi connectivity index (χ0) is 14.7. The summed E-state index contributed by atoms with van der Waals surface area (Å²) in [6.45, 7) is 3.22. The molecule has 2 heterocycles. The highest BCUT2D eigenvalue weighted by Crippen LogP contribution is 2.21. The van der Waals surface area contributed by atoms with Crippen LogP contribution in [0.3, 0.4) is 0 Å². The molecule has 0 unspecified atom stereocenters. The van der Waals surface area contributed by atoms with Gasteiger partial charge in [0, 0.05) is 0 Å². The number of alkyl halides is 1. The summed E-state index contributed by atoms with van der Waals surface area (Å²) in [7, 11) is 0. The van der Waals surface area contributed by atoms with Gasteiger partial charge in [0.1, 0.15) is 11.7 Å². The second-order valence-corrected chi connectivity index (χ2v) is 5.73. The van der Waals surface area contributed by atoms with E-state index in [1.165, 1.54) is 32.4 Å². The summed E-state index contributed by atoms with van der Waals surface area (Å²) in [5.74, 6) is 1.67. The third kappa shape index (κ3) is 3.54. The standard InChI is InChI=1S/C15H20ClN5/c16-9-14(17)18-11-4-5-12-13(8-11)20-15(19-12)10-21-6-2-1-3-7-21/h4-5,8H,1-3,6-7,9-10H2,(H2,17,18)(H,19,20). The van der Waals surface area contributed by atoms with Gasteiger partial charge in [-0.25, -0.2) is 9.98 Å². The Balaban J connectivity index is 1.79. The molecule has 0 amide bonds. The Morgan fingerprint density at radius 3 is 2.90 bits per heavy atom. The summed E-state index contributed by atoms with van der Waals surface area (Å²) in [5, 5.41) is 0. The fraction of sp³-hybridized carbons (Fsp3) is 0.467. The lowest BCUT2D eigenvalue weighted by molar-refractivity contribution is 0.216. The van der Waals surface area contributed by atoms with Crippen LogP contribution >= 0.6 is 11.6 Å². The van der Waals surface area contributed by atoms with Crippen molar-refractivity contribution in [2.45, 2.75) is 25.8 Å². The highest BCUT2D eigenvalue weighted by molar-refractivity contribution is 6.28. The van der Waals surface area contributed by atoms with Crippen LogP contribution in [0.25, 0.3) is 11.0 Å². The number of likely N-dealkylation sites (tertiary alicyclic amines) is 1. The van der Waals surface area contributed by atoms with Gasteiger partial charge in [-0.15, -0.1) is 11.6 Å². The van der Waals surface area contributed by atoms with E-state index in [0.717, 1.165) is 29.1 Å². The molecule has 1 fully saturated rings. The molecular formula is C15H20ClN5. The lowest BCUT2D eigenvalue weighted by atomic mass is 10.1. The van der Waals surface area contributed by atoms with E-state index in [0.29, 0.717) is 5.84 Å². The number of hydrogen-bond donors (Lipinski definition) is 2. The van der Waals surface area contributed by atoms with E-state index in [9.17, 15) is 0 Å². The second kappa shape index (κ2) is 6.45. The molecule has 2 aromatic rings. The minimum Gasteiger partial charge on any atom is -0.386 e. The van der Waals surface area contributed by atoms with Crippen LogP contribution in [0.15, 0.2) is 23.2 Å². The number of piperidine rings is 1. The zero-order valence-corrected chi connectivity index (χ0v) is 12.7. The van der Waals surface area contributed by atoms with Crippen LogP contribution in [0, 0.1) is 0 Å². The summed E-state index contributed by atoms with van der Waals surface area (Å²) in [4.78, 5) is 14.7. The maximum Gasteiger partial charge on any atom is 0.121 e. The molecule has 0 saturated carbocycles. The molecule has 1 aliphatic rings. The fourth-order valence-corrected chi connectivity index (χ4v) is 2.78. The first-order chi connectivity index (χ1) is 10.2. The number of nitrogens with zero attached hydrogens (tertiary/aromatic N) is 3. The first kappa shape index (κ1) is 14.4. The van der Waals surface area contributed by atoms with Crippen molar-refractivity contribution in [1.29, 1.82) is 0 Å². The number of aromatic nitrogens is 2. The molecule has 0 atom stereocenters. The molecule has 1 aromatic carbocycles. The van der Waals surface area contributed by atoms with Crippen LogP contribution < -0.4 is 5.73 Å². The molecule has 112 valence electrons. The maximum absolute atomic E-state index is 5.66. The van der Waals surface area contributed by atoms with E-state index in [4.69, 9.17) is 17.3 Å². The van der Waals surface area contributed by atoms with E-state index in [1.54, 1.807) is 0 Å². The van der Waals surface area contributed by atoms with Gasteiger partial charge in [-0.2, -0.15) is 0 Å². The van der Waals surface area contributed by atoms with Gasteiger partial charge < -0.3 is 10.7 Å². The number of imidazole rings is 1. The molecule has 3 N–H and O–H groups in total. The smallest absolute Gasteiger partial charge is 0.121 e. The maximum atomic E-state index is 5.66. The lowest BCUT2D eigenvalue weighted by Crippen LogP contribution is -2.29. The molecule has 6 heteroatoms. The van der Waals surface area contributed by atoms with Crippen LogP contribution in [-0.4, -0.2) is 39.7 Å². The van der Waals surface area contributed by atoms with E-state index in [-0.39, 0.29) is 5.88 Å². The molecule has 0 bridgehead atoms. The number of aromatic amines is 1.